The zero-order chi connectivity index (χ0) is 14.3. The smallest absolute Gasteiger partial charge is 0.274 e. The summed E-state index contributed by atoms with van der Waals surface area (Å²) < 4.78 is 5.77. The molecule has 20 heavy (non-hydrogen) atoms. The summed E-state index contributed by atoms with van der Waals surface area (Å²) in [7, 11) is 0. The molecule has 1 fully saturated rings. The Morgan fingerprint density at radius 1 is 1.30 bits per heavy atom. The molecule has 0 spiro atoms. The van der Waals surface area contributed by atoms with Crippen molar-refractivity contribution in [3.05, 3.63) is 17.0 Å². The summed E-state index contributed by atoms with van der Waals surface area (Å²) in [6.45, 7) is 8.00. The molecule has 5 nitrogen and oxygen atoms in total. The third-order valence-electron chi connectivity index (χ3n) is 4.51. The van der Waals surface area contributed by atoms with E-state index in [-0.39, 0.29) is 18.1 Å². The second-order valence-electron chi connectivity index (χ2n) is 6.23. The van der Waals surface area contributed by atoms with Gasteiger partial charge in [-0.25, -0.2) is 0 Å². The molecule has 1 aromatic heterocycles. The molecule has 1 amide bonds. The molecule has 0 aromatic carbocycles. The van der Waals surface area contributed by atoms with E-state index in [9.17, 15) is 4.79 Å². The number of ether oxygens (including phenoxy) is 1. The normalized spacial score (nSPS) is 27.4. The van der Waals surface area contributed by atoms with Gasteiger partial charge >= 0.3 is 0 Å². The Labute approximate surface area is 119 Å². The van der Waals surface area contributed by atoms with Crippen molar-refractivity contribution in [2.75, 3.05) is 13.1 Å². The van der Waals surface area contributed by atoms with Gasteiger partial charge in [0.05, 0.1) is 17.9 Å². The highest BCUT2D eigenvalue weighted by molar-refractivity contribution is 5.94. The van der Waals surface area contributed by atoms with Gasteiger partial charge < -0.3 is 9.64 Å². The maximum Gasteiger partial charge on any atom is 0.274 e. The predicted octanol–water partition coefficient (Wildman–Crippen LogP) is 2.30. The summed E-state index contributed by atoms with van der Waals surface area (Å²) in [6.07, 6.45) is 3.08. The monoisotopic (exact) mass is 277 g/mol. The Balaban J connectivity index is 1.82. The van der Waals surface area contributed by atoms with E-state index >= 15 is 0 Å². The van der Waals surface area contributed by atoms with Crippen molar-refractivity contribution in [2.24, 2.45) is 5.92 Å². The zero-order valence-corrected chi connectivity index (χ0v) is 12.5. The number of nitrogens with zero attached hydrogens (tertiary/aromatic N) is 2. The van der Waals surface area contributed by atoms with E-state index in [0.717, 1.165) is 49.5 Å². The van der Waals surface area contributed by atoms with Crippen LogP contribution in [0.3, 0.4) is 0 Å². The summed E-state index contributed by atoms with van der Waals surface area (Å²) in [5, 5.41) is 7.28. The molecule has 2 atom stereocenters. The van der Waals surface area contributed by atoms with Gasteiger partial charge in [-0.2, -0.15) is 5.10 Å². The highest BCUT2D eigenvalue weighted by Gasteiger charge is 2.32. The van der Waals surface area contributed by atoms with Crippen LogP contribution in [0, 0.1) is 5.92 Å². The van der Waals surface area contributed by atoms with Crippen LogP contribution < -0.4 is 0 Å². The van der Waals surface area contributed by atoms with Crippen molar-refractivity contribution in [3.8, 4) is 0 Å². The molecule has 3 rings (SSSR count). The minimum Gasteiger partial charge on any atom is -0.369 e. The first-order valence-corrected chi connectivity index (χ1v) is 7.58. The van der Waals surface area contributed by atoms with E-state index in [4.69, 9.17) is 4.74 Å². The molecular formula is C15H23N3O2. The lowest BCUT2D eigenvalue weighted by Gasteiger charge is -2.30. The Morgan fingerprint density at radius 2 is 2.00 bits per heavy atom. The van der Waals surface area contributed by atoms with Crippen LogP contribution in [0.15, 0.2) is 0 Å². The molecule has 3 heterocycles. The predicted molar refractivity (Wildman–Crippen MR) is 75.6 cm³/mol. The minimum absolute atomic E-state index is 0.0100. The standard InChI is InChI=1S/C15H23N3O2/c1-9-4-6-18(7-5-9)15(19)14-12-8-10(2)20-11(3)13(12)16-17-14/h9-11H,4-8H2,1-3H3,(H,16,17)/t10-,11+/m0/s1. The first-order chi connectivity index (χ1) is 9.56. The van der Waals surface area contributed by atoms with E-state index in [1.807, 2.05) is 18.7 Å². The lowest BCUT2D eigenvalue weighted by atomic mass is 9.97. The Hall–Kier alpha value is -1.36. The van der Waals surface area contributed by atoms with Crippen LogP contribution >= 0.6 is 0 Å². The van der Waals surface area contributed by atoms with Crippen molar-refractivity contribution in [3.63, 3.8) is 0 Å². The summed E-state index contributed by atoms with van der Waals surface area (Å²) >= 11 is 0. The van der Waals surface area contributed by atoms with E-state index in [1.54, 1.807) is 0 Å². The molecule has 0 radical (unpaired) electrons. The molecule has 5 heteroatoms. The molecule has 0 aliphatic carbocycles. The summed E-state index contributed by atoms with van der Waals surface area (Å²) in [4.78, 5) is 14.6. The van der Waals surface area contributed by atoms with Gasteiger partial charge in [-0.3, -0.25) is 9.89 Å². The Morgan fingerprint density at radius 3 is 2.70 bits per heavy atom. The van der Waals surface area contributed by atoms with Crippen LogP contribution in [0.1, 0.15) is 61.5 Å². The molecule has 1 saturated heterocycles. The zero-order valence-electron chi connectivity index (χ0n) is 12.5. The molecule has 1 N–H and O–H groups in total. The fourth-order valence-corrected chi connectivity index (χ4v) is 3.21. The van der Waals surface area contributed by atoms with E-state index in [2.05, 4.69) is 17.1 Å². The fraction of sp³-hybridized carbons (Fsp3) is 0.733. The molecule has 0 unspecified atom stereocenters. The van der Waals surface area contributed by atoms with Gasteiger partial charge in [0.15, 0.2) is 5.69 Å². The van der Waals surface area contributed by atoms with Crippen molar-refractivity contribution < 1.29 is 9.53 Å². The van der Waals surface area contributed by atoms with E-state index in [1.165, 1.54) is 0 Å². The number of hydrogen-bond donors (Lipinski definition) is 1. The topological polar surface area (TPSA) is 58.2 Å². The van der Waals surface area contributed by atoms with Crippen molar-refractivity contribution in [1.82, 2.24) is 15.1 Å². The first-order valence-electron chi connectivity index (χ1n) is 7.58. The largest absolute Gasteiger partial charge is 0.369 e. The van der Waals surface area contributed by atoms with Crippen molar-refractivity contribution in [1.29, 1.82) is 0 Å². The number of aromatic amines is 1. The summed E-state index contributed by atoms with van der Waals surface area (Å²) in [6, 6.07) is 0. The van der Waals surface area contributed by atoms with Gasteiger partial charge in [0, 0.05) is 25.1 Å². The number of nitrogens with one attached hydrogen (secondary N) is 1. The number of carbonyl (C=O) groups excluding carboxylic acids is 1. The lowest BCUT2D eigenvalue weighted by Crippen LogP contribution is -2.38. The van der Waals surface area contributed by atoms with Crippen molar-refractivity contribution >= 4 is 5.91 Å². The number of fused-ring (bicyclic) bond motifs is 1. The Kier molecular flexibility index (Phi) is 3.54. The van der Waals surface area contributed by atoms with Gasteiger partial charge in [0.25, 0.3) is 5.91 Å². The third kappa shape index (κ3) is 2.35. The van der Waals surface area contributed by atoms with Crippen LogP contribution in [0.4, 0.5) is 0 Å². The molecule has 1 aromatic rings. The number of likely N-dealkylation sites (tertiary alicyclic amines) is 1. The fourth-order valence-electron chi connectivity index (χ4n) is 3.21. The second kappa shape index (κ2) is 5.20. The SMILES string of the molecule is CC1CCN(C(=O)c2n[nH]c3c2C[C@H](C)O[C@@H]3C)CC1. The number of amides is 1. The van der Waals surface area contributed by atoms with Gasteiger partial charge in [-0.1, -0.05) is 6.92 Å². The number of aromatic nitrogens is 2. The average Bonchev–Trinajstić information content (AvgIpc) is 2.82. The molecule has 0 saturated carbocycles. The van der Waals surface area contributed by atoms with Gasteiger partial charge in [0.2, 0.25) is 0 Å². The summed E-state index contributed by atoms with van der Waals surface area (Å²) in [5.41, 5.74) is 2.63. The molecule has 110 valence electrons. The first kappa shape index (κ1) is 13.6. The van der Waals surface area contributed by atoms with Gasteiger partial charge in [-0.05, 0) is 32.6 Å². The quantitative estimate of drug-likeness (QED) is 0.857. The third-order valence-corrected chi connectivity index (χ3v) is 4.51. The number of carbonyl (C=O) groups is 1. The number of piperidine rings is 1. The molecule has 2 aliphatic heterocycles. The highest BCUT2D eigenvalue weighted by atomic mass is 16.5. The maximum atomic E-state index is 12.7. The second-order valence-corrected chi connectivity index (χ2v) is 6.23. The highest BCUT2D eigenvalue weighted by Crippen LogP contribution is 2.31. The minimum atomic E-state index is -0.0100. The van der Waals surface area contributed by atoms with Crippen LogP contribution in [-0.4, -0.2) is 40.2 Å². The molecular weight excluding hydrogens is 254 g/mol. The number of rotatable bonds is 1. The summed E-state index contributed by atoms with van der Waals surface area (Å²) in [5.74, 6) is 0.802. The Bertz CT molecular complexity index is 503. The number of hydrogen-bond acceptors (Lipinski definition) is 3. The molecule has 2 aliphatic rings. The van der Waals surface area contributed by atoms with E-state index in [0.29, 0.717) is 5.69 Å². The van der Waals surface area contributed by atoms with Crippen LogP contribution in [-0.2, 0) is 11.2 Å². The van der Waals surface area contributed by atoms with E-state index < -0.39 is 0 Å². The average molecular weight is 277 g/mol. The van der Waals surface area contributed by atoms with Crippen LogP contribution in [0.5, 0.6) is 0 Å². The molecule has 0 bridgehead atoms. The van der Waals surface area contributed by atoms with Crippen LogP contribution in [0.2, 0.25) is 0 Å². The van der Waals surface area contributed by atoms with Gasteiger partial charge in [0.1, 0.15) is 0 Å². The lowest BCUT2D eigenvalue weighted by molar-refractivity contribution is -0.00703. The number of H-pyrrole nitrogens is 1. The maximum absolute atomic E-state index is 12.7. The van der Waals surface area contributed by atoms with Crippen LogP contribution in [0.25, 0.3) is 0 Å². The van der Waals surface area contributed by atoms with Crippen molar-refractivity contribution in [2.45, 2.75) is 52.2 Å². The van der Waals surface area contributed by atoms with Gasteiger partial charge in [-0.15, -0.1) is 0 Å².